The van der Waals surface area contributed by atoms with Gasteiger partial charge in [-0.15, -0.1) is 0 Å². The Hall–Kier alpha value is -0.190. The van der Waals surface area contributed by atoms with Crippen LogP contribution < -0.4 is 5.32 Å². The zero-order chi connectivity index (χ0) is 15.1. The van der Waals surface area contributed by atoms with Crippen molar-refractivity contribution in [3.63, 3.8) is 0 Å². The van der Waals surface area contributed by atoms with Crippen LogP contribution in [0.15, 0.2) is 24.3 Å². The SMILES string of the molecule is CCCNC(Cc1ccccc1F)C1SCCSC1CC. The van der Waals surface area contributed by atoms with Crippen LogP contribution in [-0.4, -0.2) is 34.6 Å². The van der Waals surface area contributed by atoms with E-state index >= 15 is 0 Å². The van der Waals surface area contributed by atoms with E-state index in [1.165, 1.54) is 17.9 Å². The molecule has 1 fully saturated rings. The van der Waals surface area contributed by atoms with Gasteiger partial charge in [-0.3, -0.25) is 0 Å². The van der Waals surface area contributed by atoms with Crippen molar-refractivity contribution in [3.05, 3.63) is 35.6 Å². The van der Waals surface area contributed by atoms with Gasteiger partial charge in [0.15, 0.2) is 0 Å². The fraction of sp³-hybridized carbons (Fsp3) is 0.647. The van der Waals surface area contributed by atoms with E-state index in [-0.39, 0.29) is 5.82 Å². The van der Waals surface area contributed by atoms with Gasteiger partial charge in [0.1, 0.15) is 5.82 Å². The zero-order valence-corrected chi connectivity index (χ0v) is 14.6. The molecule has 1 saturated heterocycles. The fourth-order valence-corrected chi connectivity index (χ4v) is 6.11. The van der Waals surface area contributed by atoms with Crippen LogP contribution in [0.3, 0.4) is 0 Å². The van der Waals surface area contributed by atoms with E-state index in [0.717, 1.165) is 24.9 Å². The number of hydrogen-bond donors (Lipinski definition) is 1. The van der Waals surface area contributed by atoms with Crippen LogP contribution in [0.5, 0.6) is 0 Å². The monoisotopic (exact) mass is 327 g/mol. The van der Waals surface area contributed by atoms with Crippen molar-refractivity contribution in [2.75, 3.05) is 18.1 Å². The Balaban J connectivity index is 2.11. The summed E-state index contributed by atoms with van der Waals surface area (Å²) in [7, 11) is 0. The first-order chi connectivity index (χ1) is 10.3. The van der Waals surface area contributed by atoms with Crippen LogP contribution in [0.25, 0.3) is 0 Å². The standard InChI is InChI=1S/C17H26FNS2/c1-3-9-19-15(12-13-7-5-6-8-14(13)18)17-16(4-2)20-10-11-21-17/h5-8,15-17,19H,3-4,9-12H2,1-2H3. The maximum atomic E-state index is 14.0. The molecule has 1 aromatic rings. The van der Waals surface area contributed by atoms with Crippen molar-refractivity contribution in [3.8, 4) is 0 Å². The molecule has 0 bridgehead atoms. The number of benzene rings is 1. The highest BCUT2D eigenvalue weighted by Crippen LogP contribution is 2.36. The average molecular weight is 328 g/mol. The lowest BCUT2D eigenvalue weighted by Crippen LogP contribution is -2.46. The third-order valence-corrected chi connectivity index (χ3v) is 7.35. The summed E-state index contributed by atoms with van der Waals surface area (Å²) in [5.74, 6) is 2.40. The topological polar surface area (TPSA) is 12.0 Å². The molecular formula is C17H26FNS2. The van der Waals surface area contributed by atoms with Crippen LogP contribution in [0.1, 0.15) is 32.3 Å². The van der Waals surface area contributed by atoms with Gasteiger partial charge in [-0.2, -0.15) is 23.5 Å². The van der Waals surface area contributed by atoms with Crippen LogP contribution >= 0.6 is 23.5 Å². The minimum Gasteiger partial charge on any atom is -0.313 e. The molecule has 4 heteroatoms. The summed E-state index contributed by atoms with van der Waals surface area (Å²) in [5.41, 5.74) is 0.845. The van der Waals surface area contributed by atoms with Crippen molar-refractivity contribution in [1.29, 1.82) is 0 Å². The normalized spacial score (nSPS) is 24.0. The first-order valence-corrected chi connectivity index (χ1v) is 10.1. The maximum absolute atomic E-state index is 14.0. The van der Waals surface area contributed by atoms with E-state index in [4.69, 9.17) is 0 Å². The summed E-state index contributed by atoms with van der Waals surface area (Å²) in [6, 6.07) is 7.58. The minimum atomic E-state index is -0.0673. The number of thioether (sulfide) groups is 2. The largest absolute Gasteiger partial charge is 0.313 e. The molecule has 2 rings (SSSR count). The summed E-state index contributed by atoms with van der Waals surface area (Å²) in [5, 5.41) is 4.95. The van der Waals surface area contributed by atoms with Gasteiger partial charge in [0, 0.05) is 28.0 Å². The highest BCUT2D eigenvalue weighted by Gasteiger charge is 2.32. The molecule has 118 valence electrons. The van der Waals surface area contributed by atoms with Gasteiger partial charge >= 0.3 is 0 Å². The predicted molar refractivity (Wildman–Crippen MR) is 95.0 cm³/mol. The molecule has 0 spiro atoms. The second-order valence-electron chi connectivity index (χ2n) is 5.51. The van der Waals surface area contributed by atoms with Gasteiger partial charge in [-0.1, -0.05) is 32.0 Å². The fourth-order valence-electron chi connectivity index (χ4n) is 2.85. The van der Waals surface area contributed by atoms with Crippen molar-refractivity contribution >= 4 is 23.5 Å². The zero-order valence-electron chi connectivity index (χ0n) is 13.0. The summed E-state index contributed by atoms with van der Waals surface area (Å²) >= 11 is 4.17. The van der Waals surface area contributed by atoms with Crippen LogP contribution in [0.4, 0.5) is 4.39 Å². The molecule has 1 aromatic carbocycles. The van der Waals surface area contributed by atoms with Gasteiger partial charge in [-0.05, 0) is 37.4 Å². The van der Waals surface area contributed by atoms with Gasteiger partial charge < -0.3 is 5.32 Å². The van der Waals surface area contributed by atoms with Crippen LogP contribution in [0.2, 0.25) is 0 Å². The summed E-state index contributed by atoms with van der Waals surface area (Å²) in [6.45, 7) is 5.47. The van der Waals surface area contributed by atoms with E-state index in [0.29, 0.717) is 16.5 Å². The smallest absolute Gasteiger partial charge is 0.126 e. The van der Waals surface area contributed by atoms with Crippen molar-refractivity contribution in [2.24, 2.45) is 0 Å². The quantitative estimate of drug-likeness (QED) is 0.799. The molecule has 0 saturated carbocycles. The van der Waals surface area contributed by atoms with Gasteiger partial charge in [0.25, 0.3) is 0 Å². The van der Waals surface area contributed by atoms with E-state index in [1.54, 1.807) is 12.1 Å². The predicted octanol–water partition coefficient (Wildman–Crippen LogP) is 4.36. The van der Waals surface area contributed by atoms with Crippen molar-refractivity contribution in [1.82, 2.24) is 5.32 Å². The van der Waals surface area contributed by atoms with E-state index in [1.807, 2.05) is 12.1 Å². The lowest BCUT2D eigenvalue weighted by atomic mass is 9.99. The van der Waals surface area contributed by atoms with E-state index in [2.05, 4.69) is 42.7 Å². The Morgan fingerprint density at radius 2 is 2.00 bits per heavy atom. The molecule has 3 unspecified atom stereocenters. The second-order valence-corrected chi connectivity index (χ2v) is 8.14. The van der Waals surface area contributed by atoms with Crippen molar-refractivity contribution in [2.45, 2.75) is 49.7 Å². The number of hydrogen-bond acceptors (Lipinski definition) is 3. The Kier molecular flexibility index (Phi) is 7.41. The Morgan fingerprint density at radius 3 is 2.71 bits per heavy atom. The van der Waals surface area contributed by atoms with Gasteiger partial charge in [0.05, 0.1) is 0 Å². The Morgan fingerprint density at radius 1 is 1.24 bits per heavy atom. The third-order valence-electron chi connectivity index (χ3n) is 3.95. The minimum absolute atomic E-state index is 0.0673. The second kappa shape index (κ2) is 9.06. The third kappa shape index (κ3) is 4.90. The summed E-state index contributed by atoms with van der Waals surface area (Å²) < 4.78 is 14.0. The Labute approximate surface area is 136 Å². The molecule has 21 heavy (non-hydrogen) atoms. The van der Waals surface area contributed by atoms with Crippen LogP contribution in [-0.2, 0) is 6.42 Å². The molecule has 0 aliphatic carbocycles. The van der Waals surface area contributed by atoms with Gasteiger partial charge in [0.2, 0.25) is 0 Å². The maximum Gasteiger partial charge on any atom is 0.126 e. The molecule has 3 atom stereocenters. The molecular weight excluding hydrogens is 301 g/mol. The van der Waals surface area contributed by atoms with E-state index < -0.39 is 0 Å². The first kappa shape index (κ1) is 17.2. The number of nitrogens with one attached hydrogen (secondary N) is 1. The number of halogens is 1. The lowest BCUT2D eigenvalue weighted by Gasteiger charge is -2.36. The molecule has 1 aliphatic heterocycles. The molecule has 1 nitrogen and oxygen atoms in total. The van der Waals surface area contributed by atoms with Crippen LogP contribution in [0, 0.1) is 5.82 Å². The van der Waals surface area contributed by atoms with Crippen molar-refractivity contribution < 1.29 is 4.39 Å². The highest BCUT2D eigenvalue weighted by molar-refractivity contribution is 8.07. The average Bonchev–Trinajstić information content (AvgIpc) is 2.53. The molecule has 0 amide bonds. The highest BCUT2D eigenvalue weighted by atomic mass is 32.2. The molecule has 1 heterocycles. The van der Waals surface area contributed by atoms with Gasteiger partial charge in [-0.25, -0.2) is 4.39 Å². The molecule has 0 aromatic heterocycles. The lowest BCUT2D eigenvalue weighted by molar-refractivity contribution is 0.468. The molecule has 0 radical (unpaired) electrons. The first-order valence-electron chi connectivity index (χ1n) is 7.96. The number of rotatable bonds is 7. The molecule has 1 N–H and O–H groups in total. The summed E-state index contributed by atoms with van der Waals surface area (Å²) in [6.07, 6.45) is 3.11. The Bertz CT molecular complexity index is 427. The molecule has 1 aliphatic rings. The van der Waals surface area contributed by atoms with E-state index in [9.17, 15) is 4.39 Å². The summed E-state index contributed by atoms with van der Waals surface area (Å²) in [4.78, 5) is 0.